The summed E-state index contributed by atoms with van der Waals surface area (Å²) in [4.78, 5) is 15.9. The lowest BCUT2D eigenvalue weighted by Gasteiger charge is -2.10. The van der Waals surface area contributed by atoms with Crippen molar-refractivity contribution in [2.24, 2.45) is 5.10 Å². The number of nitrogens with zero attached hydrogens (tertiary/aromatic N) is 2. The summed E-state index contributed by atoms with van der Waals surface area (Å²) >= 11 is 1.39. The molecule has 0 unspecified atom stereocenters. The first-order valence-electron chi connectivity index (χ1n) is 8.75. The number of nitrogens with one attached hydrogen (secondary N) is 1. The summed E-state index contributed by atoms with van der Waals surface area (Å²) in [5.41, 5.74) is 4.49. The predicted octanol–water partition coefficient (Wildman–Crippen LogP) is 4.25. The number of carbonyl (C=O) groups is 1. The van der Waals surface area contributed by atoms with Gasteiger partial charge < -0.3 is 9.47 Å². The number of ether oxygens (including phenoxy) is 2. The fraction of sp³-hybridized carbons (Fsp3) is 0.250. The number of anilines is 1. The van der Waals surface area contributed by atoms with E-state index in [0.29, 0.717) is 24.0 Å². The Labute approximate surface area is 161 Å². The maximum atomic E-state index is 11.5. The first-order valence-corrected chi connectivity index (χ1v) is 9.62. The molecule has 0 bridgehead atoms. The van der Waals surface area contributed by atoms with Gasteiger partial charge in [-0.3, -0.25) is 10.2 Å². The molecular weight excluding hydrogens is 362 g/mol. The third-order valence-electron chi connectivity index (χ3n) is 3.77. The zero-order valence-corrected chi connectivity index (χ0v) is 16.1. The van der Waals surface area contributed by atoms with Crippen LogP contribution in [0.5, 0.6) is 5.75 Å². The van der Waals surface area contributed by atoms with E-state index in [1.54, 1.807) is 13.1 Å². The van der Waals surface area contributed by atoms with Crippen LogP contribution in [0.4, 0.5) is 5.13 Å². The minimum absolute atomic E-state index is 0.160. The van der Waals surface area contributed by atoms with Crippen LogP contribution in [-0.2, 0) is 16.0 Å². The summed E-state index contributed by atoms with van der Waals surface area (Å²) in [5, 5.41) is 8.93. The van der Waals surface area contributed by atoms with E-state index in [9.17, 15) is 4.79 Å². The van der Waals surface area contributed by atoms with E-state index in [0.717, 1.165) is 22.1 Å². The van der Waals surface area contributed by atoms with Crippen LogP contribution in [0.25, 0.3) is 10.8 Å². The van der Waals surface area contributed by atoms with E-state index < -0.39 is 0 Å². The molecule has 0 atom stereocenters. The average Bonchev–Trinajstić information content (AvgIpc) is 3.10. The standard InChI is InChI=1S/C20H21N3O3S/c1-3-25-18-10-9-14-7-5-6-8-16(14)17(18)12-21-23-20-22-15(13-27-20)11-19(24)26-4-2/h5-10,12-13H,3-4,11H2,1-2H3,(H,22,23). The molecule has 1 N–H and O–H groups in total. The second kappa shape index (κ2) is 9.14. The number of aromatic nitrogens is 1. The highest BCUT2D eigenvalue weighted by atomic mass is 32.1. The summed E-state index contributed by atoms with van der Waals surface area (Å²) in [5.74, 6) is 0.499. The Kier molecular flexibility index (Phi) is 6.38. The van der Waals surface area contributed by atoms with Crippen molar-refractivity contribution in [1.82, 2.24) is 4.98 Å². The fourth-order valence-electron chi connectivity index (χ4n) is 2.64. The quantitative estimate of drug-likeness (QED) is 0.358. The number of esters is 1. The van der Waals surface area contributed by atoms with Gasteiger partial charge in [-0.15, -0.1) is 11.3 Å². The lowest BCUT2D eigenvalue weighted by atomic mass is 10.0. The van der Waals surface area contributed by atoms with Gasteiger partial charge in [-0.2, -0.15) is 5.10 Å². The van der Waals surface area contributed by atoms with Crippen molar-refractivity contribution in [2.75, 3.05) is 18.6 Å². The Hall–Kier alpha value is -2.93. The molecule has 2 aromatic carbocycles. The van der Waals surface area contributed by atoms with Crippen molar-refractivity contribution < 1.29 is 14.3 Å². The van der Waals surface area contributed by atoms with Crippen LogP contribution in [0.2, 0.25) is 0 Å². The maximum Gasteiger partial charge on any atom is 0.311 e. The molecule has 0 amide bonds. The molecule has 0 aliphatic carbocycles. The van der Waals surface area contributed by atoms with Gasteiger partial charge in [0.1, 0.15) is 5.75 Å². The predicted molar refractivity (Wildman–Crippen MR) is 109 cm³/mol. The van der Waals surface area contributed by atoms with Crippen LogP contribution in [0, 0.1) is 0 Å². The van der Waals surface area contributed by atoms with E-state index in [2.05, 4.69) is 21.6 Å². The van der Waals surface area contributed by atoms with Crippen LogP contribution in [0.1, 0.15) is 25.1 Å². The summed E-state index contributed by atoms with van der Waals surface area (Å²) < 4.78 is 10.7. The minimum atomic E-state index is -0.282. The zero-order chi connectivity index (χ0) is 19.1. The molecule has 1 aromatic heterocycles. The second-order valence-electron chi connectivity index (χ2n) is 5.63. The van der Waals surface area contributed by atoms with E-state index in [1.807, 2.05) is 42.6 Å². The third kappa shape index (κ3) is 4.83. The molecule has 27 heavy (non-hydrogen) atoms. The van der Waals surface area contributed by atoms with Crippen LogP contribution >= 0.6 is 11.3 Å². The summed E-state index contributed by atoms with van der Waals surface area (Å²) in [7, 11) is 0. The van der Waals surface area contributed by atoms with Crippen molar-refractivity contribution >= 4 is 39.4 Å². The minimum Gasteiger partial charge on any atom is -0.493 e. The summed E-state index contributed by atoms with van der Waals surface area (Å²) in [6.07, 6.45) is 1.90. The maximum absolute atomic E-state index is 11.5. The lowest BCUT2D eigenvalue weighted by Crippen LogP contribution is -2.07. The number of hydrazone groups is 1. The molecule has 3 aromatic rings. The number of hydrogen-bond acceptors (Lipinski definition) is 7. The van der Waals surface area contributed by atoms with E-state index in [4.69, 9.17) is 9.47 Å². The van der Waals surface area contributed by atoms with Gasteiger partial charge in [0, 0.05) is 10.9 Å². The Morgan fingerprint density at radius 2 is 2.07 bits per heavy atom. The highest BCUT2D eigenvalue weighted by Gasteiger charge is 2.09. The SMILES string of the molecule is CCOC(=O)Cc1csc(NN=Cc2c(OCC)ccc3ccccc23)n1. The van der Waals surface area contributed by atoms with Gasteiger partial charge in [0.2, 0.25) is 5.13 Å². The van der Waals surface area contributed by atoms with Crippen LogP contribution < -0.4 is 10.2 Å². The Morgan fingerprint density at radius 1 is 1.22 bits per heavy atom. The Balaban J connectivity index is 1.75. The molecule has 0 fully saturated rings. The van der Waals surface area contributed by atoms with Crippen molar-refractivity contribution in [3.63, 3.8) is 0 Å². The molecule has 0 saturated carbocycles. The second-order valence-corrected chi connectivity index (χ2v) is 6.49. The molecule has 6 nitrogen and oxygen atoms in total. The molecule has 3 rings (SSSR count). The zero-order valence-electron chi connectivity index (χ0n) is 15.3. The van der Waals surface area contributed by atoms with Gasteiger partial charge in [0.25, 0.3) is 0 Å². The number of hydrogen-bond donors (Lipinski definition) is 1. The van der Waals surface area contributed by atoms with Crippen LogP contribution in [0.3, 0.4) is 0 Å². The normalized spacial score (nSPS) is 11.0. The van der Waals surface area contributed by atoms with Gasteiger partial charge in [0.15, 0.2) is 0 Å². The third-order valence-corrected chi connectivity index (χ3v) is 4.56. The van der Waals surface area contributed by atoms with Crippen molar-refractivity contribution in [2.45, 2.75) is 20.3 Å². The van der Waals surface area contributed by atoms with Gasteiger partial charge in [-0.1, -0.05) is 30.3 Å². The van der Waals surface area contributed by atoms with E-state index in [1.165, 1.54) is 11.3 Å². The molecule has 7 heteroatoms. The Bertz CT molecular complexity index is 953. The van der Waals surface area contributed by atoms with Crippen molar-refractivity contribution in [3.8, 4) is 5.75 Å². The summed E-state index contributed by atoms with van der Waals surface area (Å²) in [6.45, 7) is 4.68. The Morgan fingerprint density at radius 3 is 2.89 bits per heavy atom. The smallest absolute Gasteiger partial charge is 0.311 e. The molecule has 0 radical (unpaired) electrons. The molecular formula is C20H21N3O3S. The highest BCUT2D eigenvalue weighted by Crippen LogP contribution is 2.27. The molecule has 0 aliphatic heterocycles. The first kappa shape index (κ1) is 18.8. The van der Waals surface area contributed by atoms with Gasteiger partial charge in [0.05, 0.1) is 31.5 Å². The van der Waals surface area contributed by atoms with Gasteiger partial charge >= 0.3 is 5.97 Å². The number of fused-ring (bicyclic) bond motifs is 1. The number of thiazole rings is 1. The lowest BCUT2D eigenvalue weighted by molar-refractivity contribution is -0.142. The summed E-state index contributed by atoms with van der Waals surface area (Å²) in [6, 6.07) is 12.1. The first-order chi connectivity index (χ1) is 13.2. The molecule has 0 spiro atoms. The molecule has 0 aliphatic rings. The van der Waals surface area contributed by atoms with Crippen molar-refractivity contribution in [1.29, 1.82) is 0 Å². The topological polar surface area (TPSA) is 72.8 Å². The number of benzene rings is 2. The van der Waals surface area contributed by atoms with Gasteiger partial charge in [-0.05, 0) is 30.7 Å². The monoisotopic (exact) mass is 383 g/mol. The number of carbonyl (C=O) groups excluding carboxylic acids is 1. The fourth-order valence-corrected chi connectivity index (χ4v) is 3.30. The van der Waals surface area contributed by atoms with Gasteiger partial charge in [-0.25, -0.2) is 4.98 Å². The van der Waals surface area contributed by atoms with Crippen LogP contribution in [-0.4, -0.2) is 30.4 Å². The molecule has 140 valence electrons. The highest BCUT2D eigenvalue weighted by molar-refractivity contribution is 7.13. The molecule has 1 heterocycles. The van der Waals surface area contributed by atoms with E-state index in [-0.39, 0.29) is 12.4 Å². The van der Waals surface area contributed by atoms with E-state index >= 15 is 0 Å². The number of rotatable bonds is 8. The molecule has 0 saturated heterocycles. The largest absolute Gasteiger partial charge is 0.493 e. The van der Waals surface area contributed by atoms with Crippen molar-refractivity contribution in [3.05, 3.63) is 53.0 Å². The van der Waals surface area contributed by atoms with Crippen LogP contribution in [0.15, 0.2) is 46.9 Å². The average molecular weight is 383 g/mol.